The van der Waals surface area contributed by atoms with E-state index in [-0.39, 0.29) is 18.7 Å². The van der Waals surface area contributed by atoms with Gasteiger partial charge in [-0.15, -0.1) is 0 Å². The zero-order valence-electron chi connectivity index (χ0n) is 8.08. The van der Waals surface area contributed by atoms with Crippen LogP contribution in [0.5, 0.6) is 0 Å². The molecule has 0 heterocycles. The van der Waals surface area contributed by atoms with E-state index in [0.29, 0.717) is 0 Å². The molecule has 0 aromatic carbocycles. The maximum Gasteiger partial charge on any atom is 0.303 e. The summed E-state index contributed by atoms with van der Waals surface area (Å²) in [5, 5.41) is 11.5. The summed E-state index contributed by atoms with van der Waals surface area (Å²) in [4.78, 5) is 9.95. The number of nitrogens with two attached hydrogens (primary N) is 2. The molecule has 0 atom stereocenters. The summed E-state index contributed by atoms with van der Waals surface area (Å²) >= 11 is 0. The van der Waals surface area contributed by atoms with Crippen molar-refractivity contribution in [3.63, 3.8) is 0 Å². The van der Waals surface area contributed by atoms with Crippen LogP contribution in [-0.2, 0) is 4.79 Å². The Morgan fingerprint density at radius 1 is 1.46 bits per heavy atom. The number of hydrogen-bond acceptors (Lipinski definition) is 4. The molecule has 6 N–H and O–H groups in total. The predicted molar refractivity (Wildman–Crippen MR) is 51.8 cm³/mol. The minimum atomic E-state index is -0.907. The molecule has 0 fully saturated rings. The van der Waals surface area contributed by atoms with Crippen LogP contribution in [0.4, 0.5) is 0 Å². The van der Waals surface area contributed by atoms with Crippen LogP contribution in [0.1, 0.15) is 33.1 Å². The van der Waals surface area contributed by atoms with Gasteiger partial charge in [0, 0.05) is 6.42 Å². The molecular formula is C7H18N4O2. The van der Waals surface area contributed by atoms with E-state index < -0.39 is 5.97 Å². The largest absolute Gasteiger partial charge is 0.481 e. The van der Waals surface area contributed by atoms with Crippen LogP contribution in [0.25, 0.3) is 0 Å². The Bertz CT molecular complexity index is 159. The molecule has 0 aliphatic heterocycles. The normalized spacial score (nSPS) is 9.92. The molecule has 0 aromatic rings. The summed E-state index contributed by atoms with van der Waals surface area (Å²) in [7, 11) is 0. The summed E-state index contributed by atoms with van der Waals surface area (Å²) in [6, 6.07) is 0. The van der Waals surface area contributed by atoms with Gasteiger partial charge in [0.15, 0.2) is 0 Å². The molecule has 0 spiro atoms. The Morgan fingerprint density at radius 3 is 2.23 bits per heavy atom. The highest BCUT2D eigenvalue weighted by Crippen LogP contribution is 1.86. The number of amidine groups is 1. The second-order valence-corrected chi connectivity index (χ2v) is 2.33. The number of nitrogens with one attached hydrogen (secondary N) is 1. The van der Waals surface area contributed by atoms with Crippen molar-refractivity contribution >= 4 is 11.8 Å². The van der Waals surface area contributed by atoms with E-state index in [9.17, 15) is 4.79 Å². The Morgan fingerprint density at radius 2 is 1.92 bits per heavy atom. The monoisotopic (exact) mass is 190 g/mol. The summed E-state index contributed by atoms with van der Waals surface area (Å²) in [5.41, 5.74) is 7.14. The first kappa shape index (κ1) is 14.2. The second-order valence-electron chi connectivity index (χ2n) is 2.33. The highest BCUT2D eigenvalue weighted by molar-refractivity contribution is 5.83. The van der Waals surface area contributed by atoms with Crippen molar-refractivity contribution in [3.8, 4) is 0 Å². The lowest BCUT2D eigenvalue weighted by molar-refractivity contribution is -0.136. The van der Waals surface area contributed by atoms with Gasteiger partial charge in [-0.2, -0.15) is 5.10 Å². The molecule has 0 saturated heterocycles. The lowest BCUT2D eigenvalue weighted by Gasteiger charge is -1.95. The van der Waals surface area contributed by atoms with E-state index in [1.54, 1.807) is 0 Å². The Hall–Kier alpha value is -1.30. The van der Waals surface area contributed by atoms with Crippen molar-refractivity contribution in [2.75, 3.05) is 0 Å². The van der Waals surface area contributed by atoms with Crippen molar-refractivity contribution in [2.24, 2.45) is 16.7 Å². The smallest absolute Gasteiger partial charge is 0.303 e. The molecule has 0 aromatic heterocycles. The second kappa shape index (κ2) is 10.7. The van der Waals surface area contributed by atoms with Crippen molar-refractivity contribution < 1.29 is 9.90 Å². The van der Waals surface area contributed by atoms with Gasteiger partial charge in [0.2, 0.25) is 0 Å². The topological polar surface area (TPSA) is 114 Å². The predicted octanol–water partition coefficient (Wildman–Crippen LogP) is 0.00300. The van der Waals surface area contributed by atoms with E-state index >= 15 is 0 Å². The van der Waals surface area contributed by atoms with Gasteiger partial charge in [-0.05, 0) is 0 Å². The first-order chi connectivity index (χ1) is 6.08. The van der Waals surface area contributed by atoms with E-state index in [2.05, 4.69) is 18.9 Å². The van der Waals surface area contributed by atoms with Crippen LogP contribution in [0.15, 0.2) is 5.10 Å². The third-order valence-corrected chi connectivity index (χ3v) is 0.803. The lowest BCUT2D eigenvalue weighted by atomic mass is 10.3. The van der Waals surface area contributed by atoms with E-state index in [4.69, 9.17) is 16.7 Å². The third-order valence-electron chi connectivity index (χ3n) is 0.803. The Labute approximate surface area is 78.0 Å². The van der Waals surface area contributed by atoms with Crippen LogP contribution in [0, 0.1) is 0 Å². The highest BCUT2D eigenvalue weighted by Gasteiger charge is 1.98. The van der Waals surface area contributed by atoms with Gasteiger partial charge < -0.3 is 10.8 Å². The molecule has 0 unspecified atom stereocenters. The van der Waals surface area contributed by atoms with Gasteiger partial charge in [0.25, 0.3) is 0 Å². The van der Waals surface area contributed by atoms with E-state index in [0.717, 1.165) is 0 Å². The number of carbonyl (C=O) groups is 1. The van der Waals surface area contributed by atoms with E-state index in [1.165, 1.54) is 6.42 Å². The molecule has 0 saturated carbocycles. The fraction of sp³-hybridized carbons (Fsp3) is 0.714. The zero-order valence-corrected chi connectivity index (χ0v) is 8.08. The van der Waals surface area contributed by atoms with Crippen molar-refractivity contribution in [1.82, 2.24) is 5.53 Å². The number of hydrazone groups is 1. The number of nitrogens with zero attached hydrogens (tertiary/aromatic N) is 1. The van der Waals surface area contributed by atoms with E-state index in [1.807, 2.05) is 5.53 Å². The molecular weight excluding hydrogens is 172 g/mol. The van der Waals surface area contributed by atoms with Gasteiger partial charge >= 0.3 is 5.97 Å². The molecule has 0 rings (SSSR count). The number of hydrazine groups is 1. The molecule has 0 radical (unpaired) electrons. The molecule has 13 heavy (non-hydrogen) atoms. The van der Waals surface area contributed by atoms with Gasteiger partial charge in [0.05, 0.1) is 6.42 Å². The fourth-order valence-electron chi connectivity index (χ4n) is 0.374. The average Bonchev–Trinajstić information content (AvgIpc) is 2.03. The Balaban J connectivity index is 0. The van der Waals surface area contributed by atoms with Crippen molar-refractivity contribution in [1.29, 1.82) is 0 Å². The number of carboxylic acids is 1. The van der Waals surface area contributed by atoms with Crippen LogP contribution in [0.3, 0.4) is 0 Å². The van der Waals surface area contributed by atoms with Crippen LogP contribution < -0.4 is 17.1 Å². The molecule has 0 aliphatic rings. The summed E-state index contributed by atoms with van der Waals surface area (Å²) in [6.07, 6.45) is 1.43. The number of carboxylic acid groups (broad SMARTS) is 1. The minimum Gasteiger partial charge on any atom is -0.481 e. The molecule has 78 valence electrons. The maximum absolute atomic E-state index is 9.95. The summed E-state index contributed by atoms with van der Waals surface area (Å²) in [5.74, 6) is 4.05. The van der Waals surface area contributed by atoms with Gasteiger partial charge in [-0.3, -0.25) is 4.79 Å². The first-order valence-corrected chi connectivity index (χ1v) is 4.07. The standard InChI is InChI=1S/C4H10N4O2.C3H8/c5-3(7-8-6)1-2-4(9)10;1-3-2/h8H,1-2,6H2,(H2,5,7)(H,9,10);3H2,1-2H3. The fourth-order valence-corrected chi connectivity index (χ4v) is 0.374. The molecule has 0 aliphatic carbocycles. The van der Waals surface area contributed by atoms with Gasteiger partial charge in [0.1, 0.15) is 5.84 Å². The zero-order chi connectivity index (χ0) is 10.7. The quantitative estimate of drug-likeness (QED) is 0.216. The lowest BCUT2D eigenvalue weighted by Crippen LogP contribution is -2.22. The number of hydrogen-bond donors (Lipinski definition) is 4. The van der Waals surface area contributed by atoms with Crippen LogP contribution >= 0.6 is 0 Å². The van der Waals surface area contributed by atoms with Crippen molar-refractivity contribution in [2.45, 2.75) is 33.1 Å². The minimum absolute atomic E-state index is 0.0307. The van der Waals surface area contributed by atoms with Crippen molar-refractivity contribution in [3.05, 3.63) is 0 Å². The Kier molecular flexibility index (Phi) is 11.7. The summed E-state index contributed by atoms with van der Waals surface area (Å²) < 4.78 is 0. The molecule has 0 amide bonds. The maximum atomic E-state index is 9.95. The summed E-state index contributed by atoms with van der Waals surface area (Å²) in [6.45, 7) is 4.25. The molecule has 6 heteroatoms. The van der Waals surface area contributed by atoms with Gasteiger partial charge in [-0.25, -0.2) is 11.4 Å². The number of rotatable bonds is 4. The average molecular weight is 190 g/mol. The molecule has 0 bridgehead atoms. The first-order valence-electron chi connectivity index (χ1n) is 4.07. The number of aliphatic carboxylic acids is 1. The van der Waals surface area contributed by atoms with Crippen LogP contribution in [-0.4, -0.2) is 16.9 Å². The molecule has 6 nitrogen and oxygen atoms in total. The van der Waals surface area contributed by atoms with Gasteiger partial charge in [-0.1, -0.05) is 20.3 Å². The SMILES string of the molecule is CCC.NN/N=C(\N)CCC(=O)O. The highest BCUT2D eigenvalue weighted by atomic mass is 16.4. The third kappa shape index (κ3) is 18.0. The van der Waals surface area contributed by atoms with Crippen LogP contribution in [0.2, 0.25) is 0 Å².